The van der Waals surface area contributed by atoms with E-state index in [0.717, 1.165) is 0 Å². The van der Waals surface area contributed by atoms with Crippen molar-refractivity contribution in [3.05, 3.63) is 41.4 Å². The number of aromatic nitrogens is 2. The van der Waals surface area contributed by atoms with Crippen LogP contribution in [0.3, 0.4) is 0 Å². The van der Waals surface area contributed by atoms with Crippen molar-refractivity contribution < 1.29 is 8.81 Å². The van der Waals surface area contributed by atoms with Gasteiger partial charge < -0.3 is 9.73 Å². The molecular weight excluding hydrogens is 223 g/mol. The van der Waals surface area contributed by atoms with Crippen LogP contribution in [0, 0.1) is 24.1 Å². The smallest absolute Gasteiger partial charge is 0.235 e. The second kappa shape index (κ2) is 4.61. The summed E-state index contributed by atoms with van der Waals surface area (Å²) in [5.74, 6) is 0.355. The van der Waals surface area contributed by atoms with Crippen LogP contribution < -0.4 is 5.32 Å². The lowest BCUT2D eigenvalue weighted by Crippen LogP contribution is -2.02. The van der Waals surface area contributed by atoms with Crippen LogP contribution in [0.4, 0.5) is 10.1 Å². The predicted octanol–water partition coefficient (Wildman–Crippen LogP) is 2.00. The van der Waals surface area contributed by atoms with Gasteiger partial charge in [-0.05, 0) is 18.2 Å². The topological polar surface area (TPSA) is 74.7 Å². The highest BCUT2D eigenvalue weighted by Crippen LogP contribution is 2.16. The normalized spacial score (nSPS) is 9.94. The standard InChI is InChI=1S/C11H9FN4O/c1-7-15-16-11(17-7)6-14-10-3-2-8(5-13)4-9(10)12/h2-4,14H,6H2,1H3. The zero-order valence-corrected chi connectivity index (χ0v) is 9.07. The van der Waals surface area contributed by atoms with Gasteiger partial charge in [-0.1, -0.05) is 0 Å². The molecule has 0 amide bonds. The minimum absolute atomic E-state index is 0.240. The van der Waals surface area contributed by atoms with Crippen LogP contribution in [0.25, 0.3) is 0 Å². The first-order valence-corrected chi connectivity index (χ1v) is 4.91. The number of hydrogen-bond acceptors (Lipinski definition) is 5. The van der Waals surface area contributed by atoms with Crippen LogP contribution in [-0.2, 0) is 6.54 Å². The van der Waals surface area contributed by atoms with Gasteiger partial charge in [-0.2, -0.15) is 5.26 Å². The zero-order valence-electron chi connectivity index (χ0n) is 9.07. The van der Waals surface area contributed by atoms with Crippen molar-refractivity contribution in [3.63, 3.8) is 0 Å². The number of rotatable bonds is 3. The number of aryl methyl sites for hydroxylation is 1. The van der Waals surface area contributed by atoms with E-state index in [2.05, 4.69) is 15.5 Å². The zero-order chi connectivity index (χ0) is 12.3. The van der Waals surface area contributed by atoms with Crippen LogP contribution >= 0.6 is 0 Å². The van der Waals surface area contributed by atoms with E-state index in [1.807, 2.05) is 6.07 Å². The Morgan fingerprint density at radius 2 is 2.29 bits per heavy atom. The molecule has 0 saturated carbocycles. The lowest BCUT2D eigenvalue weighted by Gasteiger charge is -2.04. The molecule has 17 heavy (non-hydrogen) atoms. The van der Waals surface area contributed by atoms with E-state index in [4.69, 9.17) is 9.68 Å². The monoisotopic (exact) mass is 232 g/mol. The summed E-state index contributed by atoms with van der Waals surface area (Å²) in [5.41, 5.74) is 0.571. The van der Waals surface area contributed by atoms with Crippen LogP contribution in [0.1, 0.15) is 17.3 Å². The number of hydrogen-bond donors (Lipinski definition) is 1. The van der Waals surface area contributed by atoms with Crippen LogP contribution in [0.5, 0.6) is 0 Å². The molecule has 0 spiro atoms. The third-order valence-corrected chi connectivity index (χ3v) is 2.10. The van der Waals surface area contributed by atoms with E-state index in [9.17, 15) is 4.39 Å². The molecule has 0 unspecified atom stereocenters. The van der Waals surface area contributed by atoms with Crippen molar-refractivity contribution in [1.29, 1.82) is 5.26 Å². The Morgan fingerprint density at radius 3 is 2.88 bits per heavy atom. The van der Waals surface area contributed by atoms with E-state index < -0.39 is 5.82 Å². The number of halogens is 1. The fourth-order valence-corrected chi connectivity index (χ4v) is 1.31. The van der Waals surface area contributed by atoms with Gasteiger partial charge in [0.2, 0.25) is 11.8 Å². The van der Waals surface area contributed by atoms with Gasteiger partial charge in [-0.3, -0.25) is 0 Å². The van der Waals surface area contributed by atoms with E-state index in [-0.39, 0.29) is 12.1 Å². The summed E-state index contributed by atoms with van der Waals surface area (Å²) in [6.45, 7) is 1.92. The Balaban J connectivity index is 2.07. The molecule has 2 aromatic rings. The average Bonchev–Trinajstić information content (AvgIpc) is 2.73. The van der Waals surface area contributed by atoms with Gasteiger partial charge in [-0.25, -0.2) is 4.39 Å². The molecular formula is C11H9FN4O. The van der Waals surface area contributed by atoms with Gasteiger partial charge in [-0.15, -0.1) is 10.2 Å². The molecule has 1 heterocycles. The molecule has 86 valence electrons. The largest absolute Gasteiger partial charge is 0.424 e. The molecule has 0 saturated heterocycles. The summed E-state index contributed by atoms with van der Waals surface area (Å²) in [4.78, 5) is 0. The second-order valence-electron chi connectivity index (χ2n) is 3.37. The van der Waals surface area contributed by atoms with Crippen molar-refractivity contribution in [3.8, 4) is 6.07 Å². The van der Waals surface area contributed by atoms with E-state index in [1.54, 1.807) is 6.92 Å². The Kier molecular flexibility index (Phi) is 3.01. The molecule has 0 aliphatic heterocycles. The molecule has 1 aromatic heterocycles. The van der Waals surface area contributed by atoms with Gasteiger partial charge in [0.1, 0.15) is 5.82 Å². The van der Waals surface area contributed by atoms with E-state index in [0.29, 0.717) is 17.5 Å². The molecule has 0 radical (unpaired) electrons. The van der Waals surface area contributed by atoms with Crippen molar-refractivity contribution in [2.75, 3.05) is 5.32 Å². The Morgan fingerprint density at radius 1 is 1.47 bits per heavy atom. The lowest BCUT2D eigenvalue weighted by atomic mass is 10.2. The maximum absolute atomic E-state index is 13.5. The number of anilines is 1. The maximum Gasteiger partial charge on any atom is 0.235 e. The Labute approximate surface area is 96.9 Å². The molecule has 1 N–H and O–H groups in total. The summed E-state index contributed by atoms with van der Waals surface area (Å²) >= 11 is 0. The quantitative estimate of drug-likeness (QED) is 0.875. The van der Waals surface area contributed by atoms with Crippen molar-refractivity contribution in [2.45, 2.75) is 13.5 Å². The second-order valence-corrected chi connectivity index (χ2v) is 3.37. The number of benzene rings is 1. The summed E-state index contributed by atoms with van der Waals surface area (Å²) in [5, 5.41) is 18.8. The third kappa shape index (κ3) is 2.58. The molecule has 0 fully saturated rings. The molecule has 0 atom stereocenters. The molecule has 0 bridgehead atoms. The first-order valence-electron chi connectivity index (χ1n) is 4.91. The first-order chi connectivity index (χ1) is 8.19. The highest BCUT2D eigenvalue weighted by Gasteiger charge is 2.06. The minimum Gasteiger partial charge on any atom is -0.424 e. The fourth-order valence-electron chi connectivity index (χ4n) is 1.31. The highest BCUT2D eigenvalue weighted by molar-refractivity contribution is 5.48. The van der Waals surface area contributed by atoms with Crippen LogP contribution in [0.2, 0.25) is 0 Å². The maximum atomic E-state index is 13.5. The van der Waals surface area contributed by atoms with Crippen LogP contribution in [-0.4, -0.2) is 10.2 Å². The van der Waals surface area contributed by atoms with Crippen molar-refractivity contribution in [1.82, 2.24) is 10.2 Å². The molecule has 0 aliphatic carbocycles. The molecule has 0 aliphatic rings. The Bertz CT molecular complexity index is 573. The van der Waals surface area contributed by atoms with Gasteiger partial charge >= 0.3 is 0 Å². The summed E-state index contributed by atoms with van der Waals surface area (Å²) in [6, 6.07) is 6.06. The lowest BCUT2D eigenvalue weighted by molar-refractivity contribution is 0.474. The summed E-state index contributed by atoms with van der Waals surface area (Å²) in [7, 11) is 0. The third-order valence-electron chi connectivity index (χ3n) is 2.10. The predicted molar refractivity (Wildman–Crippen MR) is 57.5 cm³/mol. The fraction of sp³-hybridized carbons (Fsp3) is 0.182. The van der Waals surface area contributed by atoms with E-state index in [1.165, 1.54) is 18.2 Å². The highest BCUT2D eigenvalue weighted by atomic mass is 19.1. The molecule has 6 heteroatoms. The molecule has 1 aromatic carbocycles. The number of nitriles is 1. The number of nitrogens with zero attached hydrogens (tertiary/aromatic N) is 3. The van der Waals surface area contributed by atoms with Gasteiger partial charge in [0.25, 0.3) is 0 Å². The molecule has 2 rings (SSSR count). The molecule has 5 nitrogen and oxygen atoms in total. The summed E-state index contributed by atoms with van der Waals surface area (Å²) in [6.07, 6.45) is 0. The minimum atomic E-state index is -0.486. The van der Waals surface area contributed by atoms with Crippen LogP contribution in [0.15, 0.2) is 22.6 Å². The number of nitrogens with one attached hydrogen (secondary N) is 1. The van der Waals surface area contributed by atoms with Gasteiger partial charge in [0.05, 0.1) is 23.9 Å². The van der Waals surface area contributed by atoms with E-state index >= 15 is 0 Å². The Hall–Kier alpha value is -2.42. The average molecular weight is 232 g/mol. The van der Waals surface area contributed by atoms with Gasteiger partial charge in [0, 0.05) is 6.92 Å². The SMILES string of the molecule is Cc1nnc(CNc2ccc(C#N)cc2F)o1. The summed E-state index contributed by atoms with van der Waals surface area (Å²) < 4.78 is 18.6. The van der Waals surface area contributed by atoms with Gasteiger partial charge in [0.15, 0.2) is 0 Å². The van der Waals surface area contributed by atoms with Crippen molar-refractivity contribution in [2.24, 2.45) is 0 Å². The first kappa shape index (κ1) is 11.1. The van der Waals surface area contributed by atoms with Crippen molar-refractivity contribution >= 4 is 5.69 Å².